The maximum absolute atomic E-state index is 11.6. The maximum atomic E-state index is 11.6. The van der Waals surface area contributed by atoms with Gasteiger partial charge in [0.05, 0.1) is 35.9 Å². The van der Waals surface area contributed by atoms with Crippen molar-refractivity contribution < 1.29 is 19.0 Å². The smallest absolute Gasteiger partial charge is 0.327 e. The molecule has 3 heterocycles. The fourth-order valence-electron chi connectivity index (χ4n) is 3.93. The summed E-state index contributed by atoms with van der Waals surface area (Å²) in [5.74, 6) is 1.94. The van der Waals surface area contributed by atoms with E-state index in [1.807, 2.05) is 18.2 Å². The molecule has 0 fully saturated rings. The summed E-state index contributed by atoms with van der Waals surface area (Å²) in [6.45, 7) is 7.84. The molecule has 4 aromatic rings. The van der Waals surface area contributed by atoms with Gasteiger partial charge in [0.1, 0.15) is 42.8 Å². The summed E-state index contributed by atoms with van der Waals surface area (Å²) in [6, 6.07) is 10.1. The Morgan fingerprint density at radius 2 is 2.03 bits per heavy atom. The lowest BCUT2D eigenvalue weighted by molar-refractivity contribution is -0.144. The molecule has 0 unspecified atom stereocenters. The van der Waals surface area contributed by atoms with E-state index in [4.69, 9.17) is 19.2 Å². The van der Waals surface area contributed by atoms with E-state index in [1.165, 1.54) is 15.8 Å². The lowest BCUT2D eigenvalue weighted by Gasteiger charge is -2.09. The van der Waals surface area contributed by atoms with E-state index in [2.05, 4.69) is 40.9 Å². The normalized spacial score (nSPS) is 12.6. The van der Waals surface area contributed by atoms with Crippen LogP contribution in [0.1, 0.15) is 23.7 Å². The van der Waals surface area contributed by atoms with Crippen LogP contribution in [0, 0.1) is 13.8 Å². The second kappa shape index (κ2) is 8.57. The Morgan fingerprint density at radius 3 is 2.88 bits per heavy atom. The van der Waals surface area contributed by atoms with Crippen LogP contribution in [-0.2, 0) is 29.2 Å². The van der Waals surface area contributed by atoms with Crippen molar-refractivity contribution in [1.82, 2.24) is 24.5 Å². The van der Waals surface area contributed by atoms with Crippen molar-refractivity contribution in [3.8, 4) is 22.9 Å². The molecule has 1 aliphatic heterocycles. The average Bonchev–Trinajstić information content (AvgIpc) is 3.32. The maximum Gasteiger partial charge on any atom is 0.327 e. The van der Waals surface area contributed by atoms with Gasteiger partial charge in [0.2, 0.25) is 0 Å². The molecule has 0 radical (unpaired) electrons. The second-order valence-electron chi connectivity index (χ2n) is 8.02. The first-order chi connectivity index (χ1) is 16.0. The molecule has 9 heteroatoms. The molecular weight excluding hydrogens is 422 g/mol. The van der Waals surface area contributed by atoms with E-state index in [-0.39, 0.29) is 19.1 Å². The number of esters is 1. The summed E-state index contributed by atoms with van der Waals surface area (Å²) in [4.78, 5) is 16.5. The van der Waals surface area contributed by atoms with Gasteiger partial charge in [0.15, 0.2) is 0 Å². The number of rotatable bonds is 6. The summed E-state index contributed by atoms with van der Waals surface area (Å²) >= 11 is 0. The molecule has 0 N–H and O–H groups in total. The number of hydrogen-bond donors (Lipinski definition) is 0. The monoisotopic (exact) mass is 447 g/mol. The Kier molecular flexibility index (Phi) is 5.45. The molecule has 0 amide bonds. The Hall–Kier alpha value is -3.88. The van der Waals surface area contributed by atoms with Crippen LogP contribution in [-0.4, -0.2) is 43.7 Å². The van der Waals surface area contributed by atoms with Crippen molar-refractivity contribution in [2.45, 2.75) is 40.5 Å². The lowest BCUT2D eigenvalue weighted by Crippen LogP contribution is -2.13. The van der Waals surface area contributed by atoms with Gasteiger partial charge in [-0.15, -0.1) is 5.10 Å². The number of carbonyl (C=O) groups excluding carboxylic acids is 1. The van der Waals surface area contributed by atoms with Gasteiger partial charge in [-0.1, -0.05) is 5.21 Å². The quantitative estimate of drug-likeness (QED) is 0.418. The van der Waals surface area contributed by atoms with Crippen molar-refractivity contribution in [2.24, 2.45) is 0 Å². The molecular formula is C24H25N5O4. The molecule has 2 aromatic heterocycles. The Labute approximate surface area is 190 Å². The number of fused-ring (bicyclic) bond motifs is 5. The molecule has 5 rings (SSSR count). The minimum Gasteiger partial charge on any atom is -0.491 e. The largest absolute Gasteiger partial charge is 0.491 e. The van der Waals surface area contributed by atoms with Crippen LogP contribution in [0.15, 0.2) is 36.5 Å². The van der Waals surface area contributed by atoms with Crippen LogP contribution >= 0.6 is 0 Å². The highest BCUT2D eigenvalue weighted by Gasteiger charge is 2.21. The van der Waals surface area contributed by atoms with E-state index >= 15 is 0 Å². The zero-order valence-electron chi connectivity index (χ0n) is 18.9. The zero-order valence-corrected chi connectivity index (χ0v) is 18.9. The van der Waals surface area contributed by atoms with Crippen LogP contribution in [0.4, 0.5) is 0 Å². The molecule has 2 aromatic carbocycles. The first-order valence-corrected chi connectivity index (χ1v) is 10.9. The molecule has 0 spiro atoms. The third-order valence-electron chi connectivity index (χ3n) is 5.70. The van der Waals surface area contributed by atoms with Gasteiger partial charge in [-0.2, -0.15) is 0 Å². The van der Waals surface area contributed by atoms with Gasteiger partial charge in [-0.05, 0) is 56.2 Å². The van der Waals surface area contributed by atoms with E-state index in [9.17, 15) is 4.79 Å². The number of ether oxygens (including phenoxy) is 3. The molecule has 0 aliphatic carbocycles. The van der Waals surface area contributed by atoms with Gasteiger partial charge in [0, 0.05) is 6.07 Å². The van der Waals surface area contributed by atoms with Crippen LogP contribution in [0.25, 0.3) is 22.4 Å². The van der Waals surface area contributed by atoms with Crippen molar-refractivity contribution in [2.75, 3.05) is 13.2 Å². The number of hydrogen-bond acceptors (Lipinski definition) is 7. The van der Waals surface area contributed by atoms with Gasteiger partial charge >= 0.3 is 5.97 Å². The predicted molar refractivity (Wildman–Crippen MR) is 121 cm³/mol. The van der Waals surface area contributed by atoms with Crippen molar-refractivity contribution in [1.29, 1.82) is 0 Å². The van der Waals surface area contributed by atoms with E-state index in [1.54, 1.807) is 13.1 Å². The van der Waals surface area contributed by atoms with Crippen LogP contribution < -0.4 is 9.47 Å². The van der Waals surface area contributed by atoms with Crippen molar-refractivity contribution in [3.05, 3.63) is 53.3 Å². The zero-order chi connectivity index (χ0) is 22.9. The highest BCUT2D eigenvalue weighted by molar-refractivity contribution is 5.83. The van der Waals surface area contributed by atoms with Crippen LogP contribution in [0.3, 0.4) is 0 Å². The average molecular weight is 447 g/mol. The van der Waals surface area contributed by atoms with Crippen molar-refractivity contribution in [3.63, 3.8) is 0 Å². The molecule has 1 aliphatic rings. The molecule has 0 saturated carbocycles. The summed E-state index contributed by atoms with van der Waals surface area (Å²) in [6.07, 6.45) is 1.67. The summed E-state index contributed by atoms with van der Waals surface area (Å²) < 4.78 is 20.5. The number of imidazole rings is 1. The molecule has 0 saturated heterocycles. The van der Waals surface area contributed by atoms with E-state index < -0.39 is 0 Å². The Morgan fingerprint density at radius 1 is 1.18 bits per heavy atom. The summed E-state index contributed by atoms with van der Waals surface area (Å²) in [5, 5.41) is 7.99. The lowest BCUT2D eigenvalue weighted by atomic mass is 10.1. The highest BCUT2D eigenvalue weighted by Crippen LogP contribution is 2.37. The number of aryl methyl sites for hydroxylation is 2. The number of carbonyl (C=O) groups is 1. The van der Waals surface area contributed by atoms with Gasteiger partial charge in [-0.3, -0.25) is 4.79 Å². The van der Waals surface area contributed by atoms with E-state index in [0.717, 1.165) is 34.7 Å². The second-order valence-corrected chi connectivity index (χ2v) is 8.02. The molecule has 9 nitrogen and oxygen atoms in total. The van der Waals surface area contributed by atoms with E-state index in [0.29, 0.717) is 24.7 Å². The molecule has 0 bridgehead atoms. The molecule has 33 heavy (non-hydrogen) atoms. The van der Waals surface area contributed by atoms with Crippen LogP contribution in [0.2, 0.25) is 0 Å². The topological polar surface area (TPSA) is 93.3 Å². The standard InChI is InChI=1S/C24H25N5O4/c1-4-31-23(30)13-28-12-17(26-27-28)14-33-18-5-6-19-22(11-18)32-8-7-29-21-10-16(3)15(2)9-20(21)25-24(19)29/h5-6,9-12H,4,7-8,13-14H2,1-3H3. The molecule has 0 atom stereocenters. The van der Waals surface area contributed by atoms with Crippen LogP contribution in [0.5, 0.6) is 11.5 Å². The fourth-order valence-corrected chi connectivity index (χ4v) is 3.93. The number of benzene rings is 2. The van der Waals surface area contributed by atoms with Crippen molar-refractivity contribution >= 4 is 17.0 Å². The third kappa shape index (κ3) is 4.13. The Balaban J connectivity index is 1.35. The third-order valence-corrected chi connectivity index (χ3v) is 5.70. The summed E-state index contributed by atoms with van der Waals surface area (Å²) in [7, 11) is 0. The first-order valence-electron chi connectivity index (χ1n) is 10.9. The number of nitrogens with zero attached hydrogens (tertiary/aromatic N) is 5. The first kappa shape index (κ1) is 21.0. The SMILES string of the molecule is CCOC(=O)Cn1cc(COc2ccc3c(c2)OCCn2c-3nc3cc(C)c(C)cc32)nn1. The Bertz CT molecular complexity index is 1340. The predicted octanol–water partition coefficient (Wildman–Crippen LogP) is 3.45. The summed E-state index contributed by atoms with van der Waals surface area (Å²) in [5.41, 5.74) is 6.14. The molecule has 170 valence electrons. The number of aromatic nitrogens is 5. The van der Waals surface area contributed by atoms with Gasteiger partial charge in [0.25, 0.3) is 0 Å². The minimum absolute atomic E-state index is 0.0214. The fraction of sp³-hybridized carbons (Fsp3) is 0.333. The minimum atomic E-state index is -0.353. The highest BCUT2D eigenvalue weighted by atomic mass is 16.5. The van der Waals surface area contributed by atoms with Gasteiger partial charge < -0.3 is 18.8 Å². The van der Waals surface area contributed by atoms with Gasteiger partial charge in [-0.25, -0.2) is 9.67 Å².